The molecule has 1 aromatic rings. The summed E-state index contributed by atoms with van der Waals surface area (Å²) in [7, 11) is 0. The van der Waals surface area contributed by atoms with Crippen molar-refractivity contribution < 1.29 is 33.6 Å². The van der Waals surface area contributed by atoms with Crippen molar-refractivity contribution in [2.75, 3.05) is 6.61 Å². The molecule has 4 unspecified atom stereocenters. The van der Waals surface area contributed by atoms with Crippen molar-refractivity contribution in [2.45, 2.75) is 37.4 Å². The molecule has 0 aromatic heterocycles. The highest BCUT2D eigenvalue weighted by Crippen LogP contribution is 2.25. The Morgan fingerprint density at radius 2 is 1.90 bits per heavy atom. The molecule has 1 aromatic carbocycles. The van der Waals surface area contributed by atoms with Crippen LogP contribution in [0.5, 0.6) is 5.75 Å². The van der Waals surface area contributed by atoms with E-state index in [4.69, 9.17) is 14.6 Å². The van der Waals surface area contributed by atoms with Crippen molar-refractivity contribution in [1.82, 2.24) is 0 Å². The third kappa shape index (κ3) is 3.43. The van der Waals surface area contributed by atoms with E-state index >= 15 is 0 Å². The molecule has 0 saturated carbocycles. The average molecular weight is 290 g/mol. The topological polar surface area (TPSA) is 79.2 Å². The number of alkyl halides is 2. The van der Waals surface area contributed by atoms with E-state index in [1.807, 2.05) is 0 Å². The van der Waals surface area contributed by atoms with Gasteiger partial charge in [-0.3, -0.25) is 0 Å². The first-order valence-electron chi connectivity index (χ1n) is 6.18. The predicted molar refractivity (Wildman–Crippen MR) is 64.4 cm³/mol. The van der Waals surface area contributed by atoms with E-state index < -0.39 is 37.6 Å². The second-order valence-electron chi connectivity index (χ2n) is 4.57. The van der Waals surface area contributed by atoms with E-state index in [9.17, 15) is 19.0 Å². The van der Waals surface area contributed by atoms with Gasteiger partial charge in [-0.1, -0.05) is 0 Å². The molecule has 112 valence electrons. The summed E-state index contributed by atoms with van der Waals surface area (Å²) < 4.78 is 35.5. The molecule has 0 amide bonds. The minimum absolute atomic E-state index is 0.0221. The molecule has 2 rings (SSSR count). The lowest BCUT2D eigenvalue weighted by Crippen LogP contribution is -2.51. The van der Waals surface area contributed by atoms with Crippen molar-refractivity contribution in [3.63, 3.8) is 0 Å². The molecular weight excluding hydrogens is 274 g/mol. The molecule has 1 aliphatic heterocycles. The van der Waals surface area contributed by atoms with Gasteiger partial charge in [0, 0.05) is 12.0 Å². The van der Waals surface area contributed by atoms with Crippen LogP contribution in [-0.2, 0) is 4.74 Å². The van der Waals surface area contributed by atoms with Crippen LogP contribution in [0.2, 0.25) is 0 Å². The minimum Gasteiger partial charge on any atom is -0.465 e. The number of hydrogen-bond acceptors (Lipinski definition) is 5. The maximum Gasteiger partial charge on any atom is 0.263 e. The normalized spacial score (nSPS) is 30.5. The standard InChI is InChI=1S/C13H16F2O5/c14-13(15)7-1-3-8(4-2-7)19-11-5-9(17)12(18)10(6-16)20-11/h1-4,9-13,16-18H,5-6H2. The summed E-state index contributed by atoms with van der Waals surface area (Å²) in [6, 6.07) is 5.21. The van der Waals surface area contributed by atoms with Gasteiger partial charge in [0.15, 0.2) is 0 Å². The van der Waals surface area contributed by atoms with Gasteiger partial charge in [0.2, 0.25) is 6.29 Å². The lowest BCUT2D eigenvalue weighted by molar-refractivity contribution is -0.229. The SMILES string of the molecule is OCC1OC(Oc2ccc(C(F)F)cc2)CC(O)C1O. The molecule has 7 heteroatoms. The Morgan fingerprint density at radius 3 is 2.45 bits per heavy atom. The Hall–Kier alpha value is -1.28. The van der Waals surface area contributed by atoms with Crippen molar-refractivity contribution in [3.05, 3.63) is 29.8 Å². The van der Waals surface area contributed by atoms with Gasteiger partial charge in [0.1, 0.15) is 18.0 Å². The molecule has 1 saturated heterocycles. The Kier molecular flexibility index (Phi) is 4.87. The molecule has 0 bridgehead atoms. The zero-order chi connectivity index (χ0) is 14.7. The number of aliphatic hydroxyl groups is 3. The number of aliphatic hydroxyl groups excluding tert-OH is 3. The second-order valence-corrected chi connectivity index (χ2v) is 4.57. The Bertz CT molecular complexity index is 425. The molecule has 3 N–H and O–H groups in total. The van der Waals surface area contributed by atoms with E-state index in [0.29, 0.717) is 5.75 Å². The lowest BCUT2D eigenvalue weighted by atomic mass is 10.0. The van der Waals surface area contributed by atoms with Crippen LogP contribution in [0.15, 0.2) is 24.3 Å². The number of benzene rings is 1. The summed E-state index contributed by atoms with van der Waals surface area (Å²) in [4.78, 5) is 0. The first-order valence-corrected chi connectivity index (χ1v) is 6.18. The van der Waals surface area contributed by atoms with Gasteiger partial charge in [0.25, 0.3) is 6.43 Å². The average Bonchev–Trinajstić information content (AvgIpc) is 2.43. The van der Waals surface area contributed by atoms with Gasteiger partial charge in [0.05, 0.1) is 12.7 Å². The van der Waals surface area contributed by atoms with Crippen molar-refractivity contribution in [3.8, 4) is 5.75 Å². The fourth-order valence-corrected chi connectivity index (χ4v) is 1.99. The van der Waals surface area contributed by atoms with Crippen molar-refractivity contribution >= 4 is 0 Å². The highest BCUT2D eigenvalue weighted by atomic mass is 19.3. The predicted octanol–water partition coefficient (Wildman–Crippen LogP) is 0.832. The molecule has 0 radical (unpaired) electrons. The van der Waals surface area contributed by atoms with E-state index in [0.717, 1.165) is 0 Å². The van der Waals surface area contributed by atoms with E-state index in [1.54, 1.807) is 0 Å². The monoisotopic (exact) mass is 290 g/mol. The van der Waals surface area contributed by atoms with Gasteiger partial charge < -0.3 is 24.8 Å². The maximum atomic E-state index is 12.4. The zero-order valence-electron chi connectivity index (χ0n) is 10.5. The van der Waals surface area contributed by atoms with Crippen LogP contribution in [0.4, 0.5) is 8.78 Å². The zero-order valence-corrected chi connectivity index (χ0v) is 10.5. The first-order chi connectivity index (χ1) is 9.51. The summed E-state index contributed by atoms with van der Waals surface area (Å²) >= 11 is 0. The van der Waals surface area contributed by atoms with Crippen molar-refractivity contribution in [2.24, 2.45) is 0 Å². The third-order valence-corrected chi connectivity index (χ3v) is 3.12. The van der Waals surface area contributed by atoms with Crippen LogP contribution < -0.4 is 4.74 Å². The van der Waals surface area contributed by atoms with E-state index in [1.165, 1.54) is 24.3 Å². The number of rotatable bonds is 4. The molecule has 1 heterocycles. The van der Waals surface area contributed by atoms with Crippen LogP contribution in [0.25, 0.3) is 0 Å². The van der Waals surface area contributed by atoms with Crippen LogP contribution in [0.1, 0.15) is 18.4 Å². The minimum atomic E-state index is -2.55. The lowest BCUT2D eigenvalue weighted by Gasteiger charge is -2.36. The third-order valence-electron chi connectivity index (χ3n) is 3.12. The van der Waals surface area contributed by atoms with Gasteiger partial charge >= 0.3 is 0 Å². The molecule has 0 aliphatic carbocycles. The summed E-state index contributed by atoms with van der Waals surface area (Å²) in [5.41, 5.74) is -0.120. The van der Waals surface area contributed by atoms with Crippen LogP contribution in [0.3, 0.4) is 0 Å². The van der Waals surface area contributed by atoms with Gasteiger partial charge in [-0.2, -0.15) is 0 Å². The fraction of sp³-hybridized carbons (Fsp3) is 0.538. The quantitative estimate of drug-likeness (QED) is 0.765. The number of hydrogen-bond donors (Lipinski definition) is 3. The maximum absolute atomic E-state index is 12.4. The second kappa shape index (κ2) is 6.45. The molecule has 1 aliphatic rings. The fourth-order valence-electron chi connectivity index (χ4n) is 1.99. The van der Waals surface area contributed by atoms with Crippen LogP contribution in [-0.4, -0.2) is 46.5 Å². The van der Waals surface area contributed by atoms with Crippen LogP contribution in [0, 0.1) is 0 Å². The summed E-state index contributed by atoms with van der Waals surface area (Å²) in [6.45, 7) is -0.456. The molecule has 5 nitrogen and oxygen atoms in total. The highest BCUT2D eigenvalue weighted by molar-refractivity contribution is 5.28. The Labute approximate surface area is 114 Å². The Morgan fingerprint density at radius 1 is 1.25 bits per heavy atom. The van der Waals surface area contributed by atoms with Gasteiger partial charge in [-0.15, -0.1) is 0 Å². The number of halogens is 2. The summed E-state index contributed by atoms with van der Waals surface area (Å²) in [6.07, 6.45) is -6.58. The van der Waals surface area contributed by atoms with Crippen LogP contribution >= 0.6 is 0 Å². The molecule has 0 spiro atoms. The Balaban J connectivity index is 1.99. The van der Waals surface area contributed by atoms with E-state index in [-0.39, 0.29) is 12.0 Å². The van der Waals surface area contributed by atoms with Gasteiger partial charge in [-0.05, 0) is 24.3 Å². The first kappa shape index (κ1) is 15.1. The van der Waals surface area contributed by atoms with E-state index in [2.05, 4.69) is 0 Å². The number of ether oxygens (including phenoxy) is 2. The molecule has 4 atom stereocenters. The molecule has 20 heavy (non-hydrogen) atoms. The molecule has 1 fully saturated rings. The largest absolute Gasteiger partial charge is 0.465 e. The summed E-state index contributed by atoms with van der Waals surface area (Å²) in [5.74, 6) is 0.305. The van der Waals surface area contributed by atoms with Gasteiger partial charge in [-0.25, -0.2) is 8.78 Å². The van der Waals surface area contributed by atoms with Crippen molar-refractivity contribution in [1.29, 1.82) is 0 Å². The highest BCUT2D eigenvalue weighted by Gasteiger charge is 2.37. The summed E-state index contributed by atoms with van der Waals surface area (Å²) in [5, 5.41) is 28.2. The smallest absolute Gasteiger partial charge is 0.263 e. The molecular formula is C13H16F2O5.